The van der Waals surface area contributed by atoms with Crippen LogP contribution in [0.15, 0.2) is 23.3 Å². The smallest absolute Gasteiger partial charge is 0.391 e. The highest BCUT2D eigenvalue weighted by atomic mass is 19.4. The van der Waals surface area contributed by atoms with E-state index in [2.05, 4.69) is 15.1 Å². The molecule has 4 heterocycles. The molecule has 0 spiro atoms. The van der Waals surface area contributed by atoms with Gasteiger partial charge in [-0.3, -0.25) is 9.59 Å². The monoisotopic (exact) mass is 535 g/mol. The van der Waals surface area contributed by atoms with E-state index in [1.807, 2.05) is 5.10 Å². The van der Waals surface area contributed by atoms with Crippen LogP contribution in [0.25, 0.3) is 0 Å². The predicted molar refractivity (Wildman–Crippen MR) is 117 cm³/mol. The number of aromatic nitrogens is 4. The van der Waals surface area contributed by atoms with Crippen molar-refractivity contribution in [2.75, 3.05) is 42.5 Å². The van der Waals surface area contributed by atoms with E-state index in [0.717, 1.165) is 0 Å². The molecule has 0 saturated carbocycles. The van der Waals surface area contributed by atoms with Gasteiger partial charge < -0.3 is 19.8 Å². The maximum atomic E-state index is 13.1. The molecular formula is C21H23F6N7O3. The number of aliphatic hydroxyl groups excluding tert-OH is 1. The van der Waals surface area contributed by atoms with Crippen LogP contribution < -0.4 is 15.4 Å². The minimum Gasteiger partial charge on any atom is -0.391 e. The molecule has 2 atom stereocenters. The second kappa shape index (κ2) is 10.1. The molecule has 2 saturated heterocycles. The van der Waals surface area contributed by atoms with Gasteiger partial charge in [0, 0.05) is 63.6 Å². The molecule has 37 heavy (non-hydrogen) atoms. The maximum Gasteiger partial charge on any atom is 0.421 e. The first-order chi connectivity index (χ1) is 17.3. The number of hydrogen-bond acceptors (Lipinski definition) is 8. The van der Waals surface area contributed by atoms with Crippen molar-refractivity contribution in [3.05, 3.63) is 39.9 Å². The van der Waals surface area contributed by atoms with Gasteiger partial charge >= 0.3 is 12.4 Å². The standard InChI is InChI=1S/C21H23F6N7O3/c22-20(23,24)12-9-28-19(29-10-12)33-5-3-32(4-6-33)17(36)2-1-13-7-14(35)11-34(13)16-8-15(21(25,26)27)18(37)31-30-16/h8-10,13-14,35H,1-7,11H2,(H,31,37)/t13-,14-/m1/s1. The fourth-order valence-electron chi connectivity index (χ4n) is 4.43. The summed E-state index contributed by atoms with van der Waals surface area (Å²) in [4.78, 5) is 36.5. The lowest BCUT2D eigenvalue weighted by Crippen LogP contribution is -2.49. The zero-order chi connectivity index (χ0) is 27.0. The molecule has 0 unspecified atom stereocenters. The molecule has 202 valence electrons. The van der Waals surface area contributed by atoms with Crippen molar-refractivity contribution in [1.29, 1.82) is 0 Å². The molecule has 1 amide bonds. The highest BCUT2D eigenvalue weighted by Gasteiger charge is 2.38. The number of alkyl halides is 6. The molecule has 0 aliphatic carbocycles. The molecule has 0 bridgehead atoms. The predicted octanol–water partition coefficient (Wildman–Crippen LogP) is 1.67. The lowest BCUT2D eigenvalue weighted by Gasteiger charge is -2.35. The third-order valence-corrected chi connectivity index (χ3v) is 6.35. The Hall–Kier alpha value is -3.43. The number of halogens is 6. The average molecular weight is 535 g/mol. The number of β-amino-alcohol motifs (C(OH)–C–C–N with tert-alkyl or cyclic N) is 1. The number of anilines is 2. The van der Waals surface area contributed by atoms with Crippen LogP contribution in [0.4, 0.5) is 38.1 Å². The van der Waals surface area contributed by atoms with Crippen molar-refractivity contribution in [3.8, 4) is 0 Å². The number of hydrogen-bond donors (Lipinski definition) is 2. The summed E-state index contributed by atoms with van der Waals surface area (Å²) < 4.78 is 77.5. The van der Waals surface area contributed by atoms with Crippen molar-refractivity contribution in [3.63, 3.8) is 0 Å². The first-order valence-corrected chi connectivity index (χ1v) is 11.4. The molecule has 2 N–H and O–H groups in total. The number of nitrogens with one attached hydrogen (secondary N) is 1. The van der Waals surface area contributed by atoms with E-state index < -0.39 is 41.2 Å². The van der Waals surface area contributed by atoms with Crippen LogP contribution >= 0.6 is 0 Å². The first kappa shape index (κ1) is 26.6. The Bertz CT molecular complexity index is 1160. The molecule has 16 heteroatoms. The minimum absolute atomic E-state index is 0.000993. The van der Waals surface area contributed by atoms with Crippen molar-refractivity contribution < 1.29 is 36.2 Å². The number of H-pyrrole nitrogens is 1. The largest absolute Gasteiger partial charge is 0.421 e. The highest BCUT2D eigenvalue weighted by Crippen LogP contribution is 2.32. The van der Waals surface area contributed by atoms with E-state index >= 15 is 0 Å². The van der Waals surface area contributed by atoms with Gasteiger partial charge in [0.15, 0.2) is 0 Å². The molecular weight excluding hydrogens is 512 g/mol. The van der Waals surface area contributed by atoms with Gasteiger partial charge in [-0.25, -0.2) is 15.1 Å². The lowest BCUT2D eigenvalue weighted by molar-refractivity contribution is -0.139. The Morgan fingerprint density at radius 2 is 1.70 bits per heavy atom. The summed E-state index contributed by atoms with van der Waals surface area (Å²) in [6, 6.07) is 0.161. The van der Waals surface area contributed by atoms with Gasteiger partial charge in [-0.15, -0.1) is 0 Å². The summed E-state index contributed by atoms with van der Waals surface area (Å²) in [5, 5.41) is 15.6. The van der Waals surface area contributed by atoms with Gasteiger partial charge in [0.1, 0.15) is 11.4 Å². The topological polar surface area (TPSA) is 119 Å². The number of aliphatic hydroxyl groups is 1. The minimum atomic E-state index is -4.87. The van der Waals surface area contributed by atoms with Gasteiger partial charge in [-0.05, 0) is 12.8 Å². The van der Waals surface area contributed by atoms with E-state index in [4.69, 9.17) is 0 Å². The van der Waals surface area contributed by atoms with E-state index in [0.29, 0.717) is 31.5 Å². The van der Waals surface area contributed by atoms with Crippen LogP contribution in [-0.2, 0) is 17.1 Å². The van der Waals surface area contributed by atoms with E-state index in [1.165, 1.54) is 4.90 Å². The Morgan fingerprint density at radius 1 is 1.05 bits per heavy atom. The third kappa shape index (κ3) is 6.11. The van der Waals surface area contributed by atoms with Crippen LogP contribution in [-0.4, -0.2) is 80.9 Å². The van der Waals surface area contributed by atoms with E-state index in [9.17, 15) is 41.0 Å². The Labute approximate surface area is 205 Å². The molecule has 10 nitrogen and oxygen atoms in total. The second-order valence-electron chi connectivity index (χ2n) is 8.84. The van der Waals surface area contributed by atoms with E-state index in [1.54, 1.807) is 9.80 Å². The number of carbonyl (C=O) groups is 1. The quantitative estimate of drug-likeness (QED) is 0.556. The first-order valence-electron chi connectivity index (χ1n) is 11.4. The summed E-state index contributed by atoms with van der Waals surface area (Å²) in [7, 11) is 0. The summed E-state index contributed by atoms with van der Waals surface area (Å²) in [6.07, 6.45) is -8.33. The molecule has 2 fully saturated rings. The van der Waals surface area contributed by atoms with Crippen molar-refractivity contribution >= 4 is 17.7 Å². The lowest BCUT2D eigenvalue weighted by atomic mass is 10.1. The van der Waals surface area contributed by atoms with Gasteiger partial charge in [-0.2, -0.15) is 31.4 Å². The van der Waals surface area contributed by atoms with Gasteiger partial charge in [-0.1, -0.05) is 0 Å². The number of nitrogens with zero attached hydrogens (tertiary/aromatic N) is 6. The number of amides is 1. The van der Waals surface area contributed by atoms with Gasteiger partial charge in [0.25, 0.3) is 5.56 Å². The molecule has 4 rings (SSSR count). The Morgan fingerprint density at radius 3 is 2.30 bits per heavy atom. The third-order valence-electron chi connectivity index (χ3n) is 6.35. The number of piperazine rings is 1. The van der Waals surface area contributed by atoms with Crippen molar-refractivity contribution in [1.82, 2.24) is 25.1 Å². The zero-order valence-corrected chi connectivity index (χ0v) is 19.3. The molecule has 2 aliphatic heterocycles. The normalized spacial score (nSPS) is 21.0. The highest BCUT2D eigenvalue weighted by molar-refractivity contribution is 5.76. The number of aromatic amines is 1. The second-order valence-corrected chi connectivity index (χ2v) is 8.84. The van der Waals surface area contributed by atoms with Crippen LogP contribution in [0, 0.1) is 0 Å². The van der Waals surface area contributed by atoms with Crippen LogP contribution in [0.5, 0.6) is 0 Å². The molecule has 2 aromatic rings. The van der Waals surface area contributed by atoms with Gasteiger partial charge in [0.2, 0.25) is 11.9 Å². The fourth-order valence-corrected chi connectivity index (χ4v) is 4.43. The molecule has 0 aromatic carbocycles. The van der Waals surface area contributed by atoms with E-state index in [-0.39, 0.29) is 56.6 Å². The summed E-state index contributed by atoms with van der Waals surface area (Å²) >= 11 is 0. The van der Waals surface area contributed by atoms with Crippen molar-refractivity contribution in [2.24, 2.45) is 0 Å². The average Bonchev–Trinajstić information content (AvgIpc) is 3.22. The summed E-state index contributed by atoms with van der Waals surface area (Å²) in [5.74, 6) is -0.229. The van der Waals surface area contributed by atoms with Crippen molar-refractivity contribution in [2.45, 2.75) is 43.8 Å². The zero-order valence-electron chi connectivity index (χ0n) is 19.3. The number of rotatable bonds is 5. The van der Waals surface area contributed by atoms with Gasteiger partial charge in [0.05, 0.1) is 11.7 Å². The molecule has 2 aliphatic rings. The molecule has 2 aromatic heterocycles. The Kier molecular flexibility index (Phi) is 7.30. The Balaban J connectivity index is 1.33. The SMILES string of the molecule is O=C(CC[C@@H]1C[C@@H](O)CN1c1cc(C(F)(F)F)c(=O)[nH]n1)N1CCN(c2ncc(C(F)(F)F)cn2)CC1. The van der Waals surface area contributed by atoms with Crippen LogP contribution in [0.1, 0.15) is 30.4 Å². The maximum absolute atomic E-state index is 13.1. The van der Waals surface area contributed by atoms with Crippen LogP contribution in [0.2, 0.25) is 0 Å². The molecule has 0 radical (unpaired) electrons. The number of carbonyl (C=O) groups excluding carboxylic acids is 1. The summed E-state index contributed by atoms with van der Waals surface area (Å²) in [5.41, 5.74) is -3.73. The summed E-state index contributed by atoms with van der Waals surface area (Å²) in [6.45, 7) is 1.20. The fraction of sp³-hybridized carbons (Fsp3) is 0.571. The van der Waals surface area contributed by atoms with Crippen LogP contribution in [0.3, 0.4) is 0 Å².